The summed E-state index contributed by atoms with van der Waals surface area (Å²) in [6.07, 6.45) is 0. The molecular formula is C3H7O5PS. The molecule has 1 aliphatic heterocycles. The zero-order valence-corrected chi connectivity index (χ0v) is 7.02. The molecule has 1 heterocycles. The molecule has 1 saturated heterocycles. The first-order valence-electron chi connectivity index (χ1n) is 2.47. The molecule has 0 N–H and O–H groups in total. The third-order valence-electron chi connectivity index (χ3n) is 0.971. The van der Waals surface area contributed by atoms with Crippen LogP contribution in [0.1, 0.15) is 0 Å². The molecule has 2 atom stereocenters. The van der Waals surface area contributed by atoms with E-state index in [-0.39, 0.29) is 12.3 Å². The van der Waals surface area contributed by atoms with E-state index in [1.54, 1.807) is 0 Å². The largest absolute Gasteiger partial charge is 0.347 e. The van der Waals surface area contributed by atoms with Crippen LogP contribution in [-0.2, 0) is 28.9 Å². The second-order valence-corrected chi connectivity index (χ2v) is 5.31. The Morgan fingerprint density at radius 3 is 2.80 bits per heavy atom. The summed E-state index contributed by atoms with van der Waals surface area (Å²) in [6, 6.07) is 0. The van der Waals surface area contributed by atoms with Crippen molar-refractivity contribution in [1.82, 2.24) is 0 Å². The van der Waals surface area contributed by atoms with Crippen LogP contribution in [0.15, 0.2) is 0 Å². The Labute approximate surface area is 60.9 Å². The maximum Gasteiger partial charge on any atom is 0.347 e. The van der Waals surface area contributed by atoms with Crippen LogP contribution < -0.4 is 0 Å². The highest BCUT2D eigenvalue weighted by Gasteiger charge is 2.31. The average molecular weight is 186 g/mol. The summed E-state index contributed by atoms with van der Waals surface area (Å²) >= 11 is -1.52. The smallest absolute Gasteiger partial charge is 0.311 e. The monoisotopic (exact) mass is 186 g/mol. The fourth-order valence-electron chi connectivity index (χ4n) is 0.465. The molecule has 1 rings (SSSR count). The molecule has 0 aromatic heterocycles. The summed E-state index contributed by atoms with van der Waals surface area (Å²) in [5.41, 5.74) is -0.177. The first-order valence-corrected chi connectivity index (χ1v) is 5.44. The van der Waals surface area contributed by atoms with Gasteiger partial charge in [0.1, 0.15) is 0 Å². The lowest BCUT2D eigenvalue weighted by Gasteiger charge is -2.19. The maximum atomic E-state index is 11.1. The van der Waals surface area contributed by atoms with Gasteiger partial charge in [0.05, 0.1) is 0 Å². The molecular weight excluding hydrogens is 179 g/mol. The van der Waals surface area contributed by atoms with Crippen molar-refractivity contribution in [2.24, 2.45) is 0 Å². The van der Waals surface area contributed by atoms with E-state index in [9.17, 15) is 8.77 Å². The second kappa shape index (κ2) is 3.11. The normalized spacial score (nSPS) is 41.5. The van der Waals surface area contributed by atoms with Gasteiger partial charge in [-0.25, -0.2) is 4.21 Å². The Kier molecular flexibility index (Phi) is 2.60. The van der Waals surface area contributed by atoms with E-state index in [0.29, 0.717) is 0 Å². The van der Waals surface area contributed by atoms with Crippen molar-refractivity contribution >= 4 is 18.7 Å². The summed E-state index contributed by atoms with van der Waals surface area (Å²) in [6.45, 7) is -0.224. The first kappa shape index (κ1) is 8.36. The molecule has 5 nitrogen and oxygen atoms in total. The average Bonchev–Trinajstić information content (AvgIpc) is 1.88. The van der Waals surface area contributed by atoms with Crippen molar-refractivity contribution in [3.05, 3.63) is 0 Å². The second-order valence-electron chi connectivity index (χ2n) is 1.59. The Balaban J connectivity index is 2.62. The van der Waals surface area contributed by atoms with Gasteiger partial charge in [-0.15, -0.1) is 0 Å². The minimum atomic E-state index is -3.08. The number of hydrogen-bond acceptors (Lipinski definition) is 5. The molecule has 0 aromatic carbocycles. The highest BCUT2D eigenvalue weighted by atomic mass is 32.2. The highest BCUT2D eigenvalue weighted by molar-refractivity contribution is 7.88. The van der Waals surface area contributed by atoms with E-state index in [4.69, 9.17) is 0 Å². The summed E-state index contributed by atoms with van der Waals surface area (Å²) < 4.78 is 35.3. The lowest BCUT2D eigenvalue weighted by atomic mass is 11.6. The van der Waals surface area contributed by atoms with Crippen molar-refractivity contribution in [3.8, 4) is 0 Å². The van der Waals surface area contributed by atoms with Crippen LogP contribution >= 0.6 is 7.60 Å². The van der Waals surface area contributed by atoms with Crippen LogP contribution in [-0.4, -0.2) is 23.6 Å². The predicted molar refractivity (Wildman–Crippen MR) is 34.7 cm³/mol. The van der Waals surface area contributed by atoms with Crippen molar-refractivity contribution in [2.45, 2.75) is 0 Å². The summed E-state index contributed by atoms with van der Waals surface area (Å²) in [7, 11) is -1.82. The zero-order chi connectivity index (χ0) is 7.61. The van der Waals surface area contributed by atoms with E-state index >= 15 is 0 Å². The van der Waals surface area contributed by atoms with Gasteiger partial charge < -0.3 is 4.52 Å². The zero-order valence-electron chi connectivity index (χ0n) is 5.31. The molecule has 0 bridgehead atoms. The predicted octanol–water partition coefficient (Wildman–Crippen LogP) is 0.451. The van der Waals surface area contributed by atoms with E-state index in [2.05, 4.69) is 13.2 Å². The molecule has 0 aliphatic carbocycles. The van der Waals surface area contributed by atoms with Gasteiger partial charge in [0, 0.05) is 7.11 Å². The summed E-state index contributed by atoms with van der Waals surface area (Å²) in [5.74, 6) is 0. The van der Waals surface area contributed by atoms with E-state index in [1.165, 1.54) is 7.11 Å². The number of hydrogen-bond donors (Lipinski definition) is 0. The van der Waals surface area contributed by atoms with Crippen molar-refractivity contribution in [3.63, 3.8) is 0 Å². The molecule has 10 heavy (non-hydrogen) atoms. The van der Waals surface area contributed by atoms with Crippen LogP contribution in [0.4, 0.5) is 0 Å². The third kappa shape index (κ3) is 1.87. The molecule has 1 fully saturated rings. The summed E-state index contributed by atoms with van der Waals surface area (Å²) in [4.78, 5) is 0. The van der Waals surface area contributed by atoms with E-state index < -0.39 is 18.7 Å². The Bertz CT molecular complexity index is 191. The molecule has 60 valence electrons. The van der Waals surface area contributed by atoms with Gasteiger partial charge in [-0.3, -0.25) is 13.3 Å². The molecule has 0 aromatic rings. The quantitative estimate of drug-likeness (QED) is 0.556. The summed E-state index contributed by atoms with van der Waals surface area (Å²) in [5, 5.41) is 0. The Hall–Kier alpha value is 0.260. The fraction of sp³-hybridized carbons (Fsp3) is 1.00. The van der Waals surface area contributed by atoms with Gasteiger partial charge in [-0.2, -0.15) is 0 Å². The van der Waals surface area contributed by atoms with Gasteiger partial charge in [-0.05, 0) is 0 Å². The van der Waals surface area contributed by atoms with Gasteiger partial charge in [0.15, 0.2) is 23.4 Å². The Morgan fingerprint density at radius 1 is 1.70 bits per heavy atom. The topological polar surface area (TPSA) is 61.8 Å². The van der Waals surface area contributed by atoms with Crippen LogP contribution in [0.3, 0.4) is 0 Å². The lowest BCUT2D eigenvalue weighted by molar-refractivity contribution is 0.104. The molecule has 1 aliphatic rings. The van der Waals surface area contributed by atoms with Crippen LogP contribution in [0.2, 0.25) is 0 Å². The molecule has 0 radical (unpaired) electrons. The van der Waals surface area contributed by atoms with Gasteiger partial charge >= 0.3 is 7.60 Å². The number of rotatable bonds is 1. The minimum absolute atomic E-state index is 0.177. The fourth-order valence-corrected chi connectivity index (χ4v) is 3.06. The Morgan fingerprint density at radius 2 is 2.40 bits per heavy atom. The standard InChI is InChI=1S/C3H7O5PS/c1-6-9(4)3-10(5)8-2-7-9/h2-3H2,1H3. The van der Waals surface area contributed by atoms with Crippen molar-refractivity contribution in [2.75, 3.05) is 19.4 Å². The van der Waals surface area contributed by atoms with Crippen LogP contribution in [0.5, 0.6) is 0 Å². The van der Waals surface area contributed by atoms with Crippen molar-refractivity contribution in [1.29, 1.82) is 0 Å². The van der Waals surface area contributed by atoms with E-state index in [0.717, 1.165) is 0 Å². The molecule has 0 saturated carbocycles. The van der Waals surface area contributed by atoms with Crippen LogP contribution in [0.25, 0.3) is 0 Å². The maximum absolute atomic E-state index is 11.1. The molecule has 7 heteroatoms. The van der Waals surface area contributed by atoms with Gasteiger partial charge in [0.2, 0.25) is 0 Å². The lowest BCUT2D eigenvalue weighted by Crippen LogP contribution is -2.14. The third-order valence-corrected chi connectivity index (χ3v) is 4.49. The molecule has 0 amide bonds. The molecule has 2 unspecified atom stereocenters. The van der Waals surface area contributed by atoms with Crippen molar-refractivity contribution < 1.29 is 22.0 Å². The van der Waals surface area contributed by atoms with Gasteiger partial charge in [-0.1, -0.05) is 0 Å². The first-order chi connectivity index (χ1) is 4.66. The van der Waals surface area contributed by atoms with E-state index in [1.807, 2.05) is 0 Å². The SMILES string of the molecule is COP1(=O)CS(=O)OCO1. The van der Waals surface area contributed by atoms with Crippen LogP contribution in [0, 0.1) is 0 Å². The molecule has 0 spiro atoms. The van der Waals surface area contributed by atoms with Gasteiger partial charge in [0.25, 0.3) is 0 Å². The highest BCUT2D eigenvalue weighted by Crippen LogP contribution is 2.49. The minimum Gasteiger partial charge on any atom is -0.311 e.